The average Bonchev–Trinajstić information content (AvgIpc) is 1.27. The van der Waals surface area contributed by atoms with Crippen LogP contribution in [0.2, 0.25) is 0 Å². The van der Waals surface area contributed by atoms with E-state index in [2.05, 4.69) is 4.74 Å². The fourth-order valence-corrected chi connectivity index (χ4v) is 0.229. The molecule has 0 saturated heterocycles. The van der Waals surface area contributed by atoms with E-state index in [1.54, 1.807) is 0 Å². The van der Waals surface area contributed by atoms with Crippen molar-refractivity contribution in [2.24, 2.45) is 0 Å². The summed E-state index contributed by atoms with van der Waals surface area (Å²) in [5.41, 5.74) is 0. The van der Waals surface area contributed by atoms with Crippen LogP contribution in [-0.2, 0) is 4.74 Å². The molecule has 3 nitrogen and oxygen atoms in total. The summed E-state index contributed by atoms with van der Waals surface area (Å²) in [5, 5.41) is 6.41. The molecule has 0 aliphatic rings. The van der Waals surface area contributed by atoms with Crippen LogP contribution in [0, 0.1) is 0 Å². The molecular formula is C2H3Cl2KO3. The number of halogens is 2. The molecule has 6 heteroatoms. The summed E-state index contributed by atoms with van der Waals surface area (Å²) >= 11 is 9.67. The van der Waals surface area contributed by atoms with Crippen LogP contribution in [-0.4, -0.2) is 67.7 Å². The number of carboxylic acid groups (broad SMARTS) is 1. The molecule has 0 radical (unpaired) electrons. The number of hydrogen-bond donors (Lipinski definition) is 1. The van der Waals surface area contributed by atoms with Gasteiger partial charge in [-0.1, -0.05) is 23.2 Å². The standard InChI is InChI=1S/C2H2Cl2O3.K.H/c3-1(4)7-2(5)6;;/h1H,(H,5,6);;. The van der Waals surface area contributed by atoms with Crippen molar-refractivity contribution in [2.75, 3.05) is 0 Å². The van der Waals surface area contributed by atoms with Crippen molar-refractivity contribution in [3.05, 3.63) is 0 Å². The minimum atomic E-state index is -1.48. The van der Waals surface area contributed by atoms with Crippen LogP contribution < -0.4 is 0 Å². The van der Waals surface area contributed by atoms with E-state index in [1.807, 2.05) is 0 Å². The molecule has 0 amide bonds. The number of rotatable bonds is 1. The molecule has 0 fully saturated rings. The summed E-state index contributed by atoms with van der Waals surface area (Å²) in [4.78, 5) is 9.42. The molecular weight excluding hydrogens is 182 g/mol. The van der Waals surface area contributed by atoms with Crippen LogP contribution in [0.5, 0.6) is 0 Å². The third kappa shape index (κ3) is 10.5. The summed E-state index contributed by atoms with van der Waals surface area (Å²) in [6.07, 6.45) is -1.48. The van der Waals surface area contributed by atoms with Crippen molar-refractivity contribution in [3.8, 4) is 0 Å². The molecule has 0 unspecified atom stereocenters. The van der Waals surface area contributed by atoms with Gasteiger partial charge in [-0.3, -0.25) is 0 Å². The second kappa shape index (κ2) is 6.60. The Balaban J connectivity index is 0. The van der Waals surface area contributed by atoms with Crippen LogP contribution >= 0.6 is 23.2 Å². The fourth-order valence-electron chi connectivity index (χ4n) is 0.0762. The summed E-state index contributed by atoms with van der Waals surface area (Å²) in [6.45, 7) is 0. The van der Waals surface area contributed by atoms with Gasteiger partial charge in [0.2, 0.25) is 0 Å². The molecule has 0 aliphatic carbocycles. The average molecular weight is 185 g/mol. The van der Waals surface area contributed by atoms with E-state index < -0.39 is 11.2 Å². The Hall–Kier alpha value is 1.49. The molecule has 0 atom stereocenters. The SMILES string of the molecule is O=C(O)OC(Cl)Cl.[KH]. The van der Waals surface area contributed by atoms with Crippen molar-refractivity contribution in [2.45, 2.75) is 5.02 Å². The van der Waals surface area contributed by atoms with E-state index >= 15 is 0 Å². The van der Waals surface area contributed by atoms with Crippen LogP contribution in [0.25, 0.3) is 0 Å². The van der Waals surface area contributed by atoms with Gasteiger partial charge in [0.25, 0.3) is 5.02 Å². The summed E-state index contributed by atoms with van der Waals surface area (Å²) in [6, 6.07) is 0. The van der Waals surface area contributed by atoms with Crippen molar-refractivity contribution >= 4 is 80.7 Å². The Bertz CT molecular complexity index is 75.7. The first kappa shape index (κ1) is 12.2. The van der Waals surface area contributed by atoms with Gasteiger partial charge in [0.05, 0.1) is 0 Å². The Morgan fingerprint density at radius 3 is 2.00 bits per heavy atom. The first-order valence-electron chi connectivity index (χ1n) is 1.30. The van der Waals surface area contributed by atoms with Gasteiger partial charge in [0, 0.05) is 0 Å². The van der Waals surface area contributed by atoms with E-state index in [4.69, 9.17) is 28.3 Å². The molecule has 0 aromatic carbocycles. The minimum absolute atomic E-state index is 0. The molecule has 0 spiro atoms. The van der Waals surface area contributed by atoms with Crippen molar-refractivity contribution < 1.29 is 14.6 Å². The molecule has 0 heterocycles. The number of carbonyl (C=O) groups is 1. The predicted octanol–water partition coefficient (Wildman–Crippen LogP) is 0.794. The van der Waals surface area contributed by atoms with Gasteiger partial charge in [-0.15, -0.1) is 0 Å². The van der Waals surface area contributed by atoms with Gasteiger partial charge in [-0.05, 0) is 0 Å². The summed E-state index contributed by atoms with van der Waals surface area (Å²) in [7, 11) is 0. The first-order chi connectivity index (χ1) is 3.13. The first-order valence-corrected chi connectivity index (χ1v) is 2.18. The topological polar surface area (TPSA) is 46.5 Å². The Morgan fingerprint density at radius 2 is 2.00 bits per heavy atom. The molecule has 0 aliphatic heterocycles. The number of alkyl halides is 2. The summed E-state index contributed by atoms with van der Waals surface area (Å²) < 4.78 is 3.70. The zero-order chi connectivity index (χ0) is 5.86. The molecule has 0 bridgehead atoms. The Labute approximate surface area is 98.7 Å². The third-order valence-corrected chi connectivity index (χ3v) is 0.368. The van der Waals surface area contributed by atoms with Gasteiger partial charge in [0.1, 0.15) is 0 Å². The monoisotopic (exact) mass is 184 g/mol. The maximum atomic E-state index is 9.42. The van der Waals surface area contributed by atoms with Gasteiger partial charge in [-0.25, -0.2) is 4.79 Å². The van der Waals surface area contributed by atoms with E-state index in [0.29, 0.717) is 0 Å². The second-order valence-electron chi connectivity index (χ2n) is 0.644. The van der Waals surface area contributed by atoms with Crippen LogP contribution in [0.15, 0.2) is 0 Å². The molecule has 44 valence electrons. The van der Waals surface area contributed by atoms with Gasteiger partial charge < -0.3 is 9.84 Å². The van der Waals surface area contributed by atoms with Crippen molar-refractivity contribution in [1.29, 1.82) is 0 Å². The second-order valence-corrected chi connectivity index (χ2v) is 1.66. The van der Waals surface area contributed by atoms with E-state index in [1.165, 1.54) is 0 Å². The van der Waals surface area contributed by atoms with Crippen LogP contribution in [0.1, 0.15) is 0 Å². The zero-order valence-electron chi connectivity index (χ0n) is 3.10. The van der Waals surface area contributed by atoms with Crippen molar-refractivity contribution in [3.63, 3.8) is 0 Å². The van der Waals surface area contributed by atoms with Gasteiger partial charge in [0.15, 0.2) is 0 Å². The number of hydrogen-bond acceptors (Lipinski definition) is 2. The van der Waals surface area contributed by atoms with Gasteiger partial charge in [-0.2, -0.15) is 0 Å². The maximum absolute atomic E-state index is 9.42. The normalized spacial score (nSPS) is 7.88. The third-order valence-electron chi connectivity index (χ3n) is 0.190. The molecule has 1 N–H and O–H groups in total. The molecule has 0 rings (SSSR count). The summed E-state index contributed by atoms with van der Waals surface area (Å²) in [5.74, 6) is 0. The Morgan fingerprint density at radius 1 is 1.62 bits per heavy atom. The molecule has 0 aromatic rings. The zero-order valence-corrected chi connectivity index (χ0v) is 4.61. The van der Waals surface area contributed by atoms with E-state index in [0.717, 1.165) is 0 Å². The number of ether oxygens (including phenoxy) is 1. The molecule has 0 saturated carbocycles. The Kier molecular flexibility index (Phi) is 10.1. The van der Waals surface area contributed by atoms with E-state index in [-0.39, 0.29) is 51.4 Å². The van der Waals surface area contributed by atoms with Crippen LogP contribution in [0.4, 0.5) is 4.79 Å². The fraction of sp³-hybridized carbons (Fsp3) is 0.500. The van der Waals surface area contributed by atoms with Crippen molar-refractivity contribution in [1.82, 2.24) is 0 Å². The molecule has 8 heavy (non-hydrogen) atoms. The molecule has 0 aromatic heterocycles. The quantitative estimate of drug-likeness (QED) is 0.373. The predicted molar refractivity (Wildman–Crippen MR) is 31.8 cm³/mol. The van der Waals surface area contributed by atoms with E-state index in [9.17, 15) is 4.79 Å². The van der Waals surface area contributed by atoms with Gasteiger partial charge >= 0.3 is 57.5 Å². The van der Waals surface area contributed by atoms with Crippen LogP contribution in [0.3, 0.4) is 0 Å².